The molecule has 1 atom stereocenters. The van der Waals surface area contributed by atoms with Gasteiger partial charge < -0.3 is 14.2 Å². The molecule has 0 aromatic heterocycles. The van der Waals surface area contributed by atoms with Crippen molar-refractivity contribution in [2.24, 2.45) is 0 Å². The molecule has 0 amide bonds. The minimum Gasteiger partial charge on any atom is -0.462 e. The third-order valence-electron chi connectivity index (χ3n) is 14.1. The molecule has 0 saturated carbocycles. The summed E-state index contributed by atoms with van der Waals surface area (Å²) < 4.78 is 16.9. The number of unbranched alkanes of at least 4 members (excludes halogenated alkanes) is 27. The first-order valence-corrected chi connectivity index (χ1v) is 33.7. The average molecular weight is 1120 g/mol. The lowest BCUT2D eigenvalue weighted by Crippen LogP contribution is -2.30. The van der Waals surface area contributed by atoms with Crippen molar-refractivity contribution in [1.82, 2.24) is 0 Å². The van der Waals surface area contributed by atoms with Crippen LogP contribution in [-0.4, -0.2) is 37.2 Å². The van der Waals surface area contributed by atoms with Crippen molar-refractivity contribution >= 4 is 17.9 Å². The highest BCUT2D eigenvalue weighted by Gasteiger charge is 2.19. The lowest BCUT2D eigenvalue weighted by atomic mass is 10.0. The summed E-state index contributed by atoms with van der Waals surface area (Å²) in [5.41, 5.74) is 0. The fourth-order valence-electron chi connectivity index (χ4n) is 9.14. The van der Waals surface area contributed by atoms with Gasteiger partial charge in [-0.25, -0.2) is 0 Å². The normalized spacial score (nSPS) is 13.0. The largest absolute Gasteiger partial charge is 0.462 e. The maximum absolute atomic E-state index is 12.9. The average Bonchev–Trinajstić information content (AvgIpc) is 3.47. The van der Waals surface area contributed by atoms with Crippen LogP contribution in [0.2, 0.25) is 0 Å². The van der Waals surface area contributed by atoms with E-state index in [4.69, 9.17) is 14.2 Å². The molecule has 0 aliphatic heterocycles. The molecular weight excluding hydrogens is 997 g/mol. The van der Waals surface area contributed by atoms with Gasteiger partial charge in [-0.15, -0.1) is 0 Å². The second-order valence-corrected chi connectivity index (χ2v) is 22.0. The van der Waals surface area contributed by atoms with Gasteiger partial charge in [-0.05, 0) is 135 Å². The Labute approximate surface area is 500 Å². The maximum Gasteiger partial charge on any atom is 0.306 e. The summed E-state index contributed by atoms with van der Waals surface area (Å²) in [7, 11) is 0. The van der Waals surface area contributed by atoms with Gasteiger partial charge in [-0.1, -0.05) is 283 Å². The van der Waals surface area contributed by atoms with E-state index >= 15 is 0 Å². The van der Waals surface area contributed by atoms with E-state index in [0.29, 0.717) is 19.3 Å². The molecule has 0 aliphatic carbocycles. The molecule has 0 aromatic rings. The Balaban J connectivity index is 4.40. The maximum atomic E-state index is 12.9. The Morgan fingerprint density at radius 2 is 0.481 bits per heavy atom. The van der Waals surface area contributed by atoms with E-state index in [1.54, 1.807) is 0 Å². The molecule has 0 heterocycles. The van der Waals surface area contributed by atoms with Crippen LogP contribution in [0.1, 0.15) is 303 Å². The molecule has 0 radical (unpaired) electrons. The van der Waals surface area contributed by atoms with Crippen molar-refractivity contribution in [3.8, 4) is 0 Å². The Bertz CT molecular complexity index is 1720. The van der Waals surface area contributed by atoms with E-state index < -0.39 is 6.10 Å². The molecule has 81 heavy (non-hydrogen) atoms. The third kappa shape index (κ3) is 66.2. The van der Waals surface area contributed by atoms with Gasteiger partial charge in [0.1, 0.15) is 13.2 Å². The summed E-state index contributed by atoms with van der Waals surface area (Å²) in [5.74, 6) is -0.944. The first-order chi connectivity index (χ1) is 40.0. The standard InChI is InChI=1S/C75H124O6/c1-4-7-10-13-16-19-22-25-28-30-32-34-36-37-39-40-42-44-47-50-53-56-59-62-65-68-74(77)80-71-72(70-79-73(76)67-64-61-58-55-52-49-46-27-24-21-18-15-12-9-6-3)81-75(78)69-66-63-60-57-54-51-48-45-43-41-38-35-33-31-29-26-23-20-17-14-11-8-5-2/h8-9,11-12,17-18,20-22,25-27,29-30,32-33,35-37,46,52,55,72H,4-7,10,13-16,19,23-24,28,31,34,38-45,47-51,53-54,56-71H2,1-3H3/b11-8-,12-9-,20-17-,21-18-,25-22-,29-26-,32-30-,35-33-,37-36-,46-27-,55-52-. The lowest BCUT2D eigenvalue weighted by molar-refractivity contribution is -0.167. The summed E-state index contributed by atoms with van der Waals surface area (Å²) in [5, 5.41) is 0. The number of esters is 3. The Morgan fingerprint density at radius 3 is 0.778 bits per heavy atom. The van der Waals surface area contributed by atoms with Crippen LogP contribution >= 0.6 is 0 Å². The second-order valence-electron chi connectivity index (χ2n) is 22.0. The fraction of sp³-hybridized carbons (Fsp3) is 0.667. The number of rotatable bonds is 60. The third-order valence-corrected chi connectivity index (χ3v) is 14.1. The van der Waals surface area contributed by atoms with Crippen LogP contribution in [0.3, 0.4) is 0 Å². The molecule has 0 spiro atoms. The van der Waals surface area contributed by atoms with Gasteiger partial charge >= 0.3 is 17.9 Å². The molecular formula is C75H124O6. The highest BCUT2D eigenvalue weighted by molar-refractivity contribution is 5.71. The van der Waals surface area contributed by atoms with E-state index in [1.807, 2.05) is 0 Å². The molecule has 0 bridgehead atoms. The predicted molar refractivity (Wildman–Crippen MR) is 353 cm³/mol. The molecule has 0 rings (SSSR count). The zero-order valence-corrected chi connectivity index (χ0v) is 52.8. The highest BCUT2D eigenvalue weighted by Crippen LogP contribution is 2.16. The molecule has 0 N–H and O–H groups in total. The number of carbonyl (C=O) groups excluding carboxylic acids is 3. The van der Waals surface area contributed by atoms with Gasteiger partial charge in [-0.3, -0.25) is 14.4 Å². The smallest absolute Gasteiger partial charge is 0.306 e. The first kappa shape index (κ1) is 76.5. The number of ether oxygens (including phenoxy) is 3. The molecule has 0 fully saturated rings. The number of hydrogen-bond donors (Lipinski definition) is 0. The Morgan fingerprint density at radius 1 is 0.259 bits per heavy atom. The van der Waals surface area contributed by atoms with E-state index in [1.165, 1.54) is 141 Å². The van der Waals surface area contributed by atoms with Crippen molar-refractivity contribution in [2.75, 3.05) is 13.2 Å². The van der Waals surface area contributed by atoms with Crippen molar-refractivity contribution in [2.45, 2.75) is 309 Å². The number of allylic oxidation sites excluding steroid dienone is 22. The van der Waals surface area contributed by atoms with Gasteiger partial charge in [-0.2, -0.15) is 0 Å². The van der Waals surface area contributed by atoms with Crippen LogP contribution in [0.15, 0.2) is 134 Å². The Hall–Kier alpha value is -4.45. The molecule has 1 unspecified atom stereocenters. The zero-order valence-electron chi connectivity index (χ0n) is 52.8. The van der Waals surface area contributed by atoms with Crippen LogP contribution in [0.5, 0.6) is 0 Å². The lowest BCUT2D eigenvalue weighted by Gasteiger charge is -2.18. The summed E-state index contributed by atoms with van der Waals surface area (Å²) in [6.07, 6.45) is 96.1. The van der Waals surface area contributed by atoms with Crippen molar-refractivity contribution in [3.05, 3.63) is 134 Å². The van der Waals surface area contributed by atoms with Crippen molar-refractivity contribution in [1.29, 1.82) is 0 Å². The summed E-state index contributed by atoms with van der Waals surface area (Å²) in [4.78, 5) is 38.4. The van der Waals surface area contributed by atoms with Gasteiger partial charge in [0.15, 0.2) is 6.10 Å². The van der Waals surface area contributed by atoms with Gasteiger partial charge in [0.2, 0.25) is 0 Å². The Kier molecular flexibility index (Phi) is 64.3. The van der Waals surface area contributed by atoms with Gasteiger partial charge in [0, 0.05) is 19.3 Å². The van der Waals surface area contributed by atoms with Crippen molar-refractivity contribution < 1.29 is 28.6 Å². The van der Waals surface area contributed by atoms with E-state index in [0.717, 1.165) is 122 Å². The molecule has 6 nitrogen and oxygen atoms in total. The minimum atomic E-state index is -0.806. The molecule has 0 aliphatic rings. The quantitative estimate of drug-likeness (QED) is 0.0261. The van der Waals surface area contributed by atoms with Crippen LogP contribution in [0, 0.1) is 0 Å². The van der Waals surface area contributed by atoms with Crippen LogP contribution in [0.25, 0.3) is 0 Å². The SMILES string of the molecule is CC/C=C\C/C=C\C/C=C\C/C=C\CCCCCCCCCCCCC(=O)OC(COC(=O)CCCC/C=C\C/C=C\C/C=C\C/C=C\CC)COC(=O)CCCCCCCCCCCC/C=C\C/C=C\C/C=C\CCCCCCC. The van der Waals surface area contributed by atoms with Crippen LogP contribution < -0.4 is 0 Å². The van der Waals surface area contributed by atoms with Crippen LogP contribution in [0.4, 0.5) is 0 Å². The summed E-state index contributed by atoms with van der Waals surface area (Å²) in [6.45, 7) is 6.38. The molecule has 0 saturated heterocycles. The van der Waals surface area contributed by atoms with E-state index in [2.05, 4.69) is 154 Å². The molecule has 460 valence electrons. The highest BCUT2D eigenvalue weighted by atomic mass is 16.6. The van der Waals surface area contributed by atoms with Gasteiger partial charge in [0.05, 0.1) is 0 Å². The van der Waals surface area contributed by atoms with E-state index in [-0.39, 0.29) is 31.1 Å². The fourth-order valence-corrected chi connectivity index (χ4v) is 9.14. The number of carbonyl (C=O) groups is 3. The second kappa shape index (κ2) is 68.1. The number of hydrogen-bond acceptors (Lipinski definition) is 6. The molecule has 0 aromatic carbocycles. The van der Waals surface area contributed by atoms with Gasteiger partial charge in [0.25, 0.3) is 0 Å². The zero-order chi connectivity index (χ0) is 58.5. The first-order valence-electron chi connectivity index (χ1n) is 33.7. The summed E-state index contributed by atoms with van der Waals surface area (Å²) >= 11 is 0. The molecule has 6 heteroatoms. The summed E-state index contributed by atoms with van der Waals surface area (Å²) in [6, 6.07) is 0. The topological polar surface area (TPSA) is 78.9 Å². The van der Waals surface area contributed by atoms with Crippen molar-refractivity contribution in [3.63, 3.8) is 0 Å². The van der Waals surface area contributed by atoms with Crippen LogP contribution in [-0.2, 0) is 28.6 Å². The minimum absolute atomic E-state index is 0.0980. The monoisotopic (exact) mass is 1120 g/mol. The van der Waals surface area contributed by atoms with E-state index in [9.17, 15) is 14.4 Å². The predicted octanol–water partition coefficient (Wildman–Crippen LogP) is 23.3.